The van der Waals surface area contributed by atoms with Crippen molar-refractivity contribution in [2.24, 2.45) is 0 Å². The molecule has 0 bridgehead atoms. The van der Waals surface area contributed by atoms with Crippen LogP contribution in [0.4, 0.5) is 0 Å². The second kappa shape index (κ2) is 14.9. The zero-order chi connectivity index (χ0) is 35.2. The van der Waals surface area contributed by atoms with Gasteiger partial charge < -0.3 is 4.98 Å². The van der Waals surface area contributed by atoms with Gasteiger partial charge in [-0.3, -0.25) is 0 Å². The van der Waals surface area contributed by atoms with Gasteiger partial charge >= 0.3 is 171 Å². The number of fused-ring (bicyclic) bond motifs is 6. The van der Waals surface area contributed by atoms with Gasteiger partial charge in [0, 0.05) is 32.5 Å². The van der Waals surface area contributed by atoms with Crippen molar-refractivity contribution in [3.8, 4) is 22.5 Å². The number of aromatic nitrogens is 2. The van der Waals surface area contributed by atoms with Crippen LogP contribution in [0.3, 0.4) is 0 Å². The van der Waals surface area contributed by atoms with Crippen LogP contribution in [-0.2, 0) is 20.1 Å². The number of pyridine rings is 2. The molecule has 3 heterocycles. The van der Waals surface area contributed by atoms with Gasteiger partial charge in [0.25, 0.3) is 0 Å². The molecule has 0 amide bonds. The first-order chi connectivity index (χ1) is 23.9. The Morgan fingerprint density at radius 1 is 0.686 bits per heavy atom. The maximum atomic E-state index is 4.72. The molecule has 0 aliphatic rings. The van der Waals surface area contributed by atoms with E-state index in [1.165, 1.54) is 52.5 Å². The van der Waals surface area contributed by atoms with Gasteiger partial charge in [-0.2, -0.15) is 0 Å². The van der Waals surface area contributed by atoms with Crippen LogP contribution in [0.1, 0.15) is 25.3 Å². The predicted molar refractivity (Wildman–Crippen MR) is 225 cm³/mol. The fourth-order valence-corrected chi connectivity index (χ4v) is 11.2. The molecular formula is C45H44GeIrN2SSi-2. The Kier molecular flexibility index (Phi) is 10.9. The normalized spacial score (nSPS) is 11.9. The second-order valence-electron chi connectivity index (χ2n) is 15.6. The van der Waals surface area contributed by atoms with E-state index in [4.69, 9.17) is 4.98 Å². The molecule has 259 valence electrons. The summed E-state index contributed by atoms with van der Waals surface area (Å²) in [6, 6.07) is 44.1. The van der Waals surface area contributed by atoms with Crippen LogP contribution >= 0.6 is 11.3 Å². The number of nitrogens with zero attached hydrogens (tertiary/aromatic N) is 2. The summed E-state index contributed by atoms with van der Waals surface area (Å²) in [5.74, 6) is 7.86. The minimum absolute atomic E-state index is 0. The van der Waals surface area contributed by atoms with Crippen LogP contribution in [0.5, 0.6) is 0 Å². The summed E-state index contributed by atoms with van der Waals surface area (Å²) >= 11 is 0.00469. The molecule has 0 atom stereocenters. The number of benzene rings is 5. The molecule has 6 heteroatoms. The molecule has 8 aromatic rings. The van der Waals surface area contributed by atoms with Gasteiger partial charge in [-0.15, -0.1) is 35.9 Å². The van der Waals surface area contributed by atoms with Gasteiger partial charge in [-0.1, -0.05) is 51.2 Å². The summed E-state index contributed by atoms with van der Waals surface area (Å²) in [6.07, 6.45) is 3.95. The molecular weight excluding hydrogens is 893 g/mol. The van der Waals surface area contributed by atoms with Crippen molar-refractivity contribution in [3.63, 3.8) is 0 Å². The number of thiophene rings is 1. The zero-order valence-corrected chi connectivity index (χ0v) is 37.0. The van der Waals surface area contributed by atoms with E-state index >= 15 is 0 Å². The monoisotopic (exact) mass is 939 g/mol. The third kappa shape index (κ3) is 7.84. The minimum Gasteiger partial charge on any atom is -0.305 e. The van der Waals surface area contributed by atoms with Gasteiger partial charge in [-0.05, 0) is 22.9 Å². The quantitative estimate of drug-likeness (QED) is 0.0976. The third-order valence-corrected chi connectivity index (χ3v) is 17.1. The van der Waals surface area contributed by atoms with Gasteiger partial charge in [-0.25, -0.2) is 0 Å². The van der Waals surface area contributed by atoms with E-state index in [0.29, 0.717) is 5.92 Å². The van der Waals surface area contributed by atoms with Gasteiger partial charge in [0.1, 0.15) is 0 Å². The molecule has 3 aromatic heterocycles. The van der Waals surface area contributed by atoms with Crippen LogP contribution in [0.2, 0.25) is 36.9 Å². The Morgan fingerprint density at radius 2 is 1.47 bits per heavy atom. The Bertz CT molecular complexity index is 2480. The number of hydrogen-bond acceptors (Lipinski definition) is 3. The van der Waals surface area contributed by atoms with Crippen LogP contribution in [0.15, 0.2) is 116 Å². The smallest absolute Gasteiger partial charge is 0.305 e. The molecule has 2 nitrogen and oxygen atoms in total. The molecule has 0 aliphatic carbocycles. The van der Waals surface area contributed by atoms with E-state index in [0.717, 1.165) is 22.5 Å². The van der Waals surface area contributed by atoms with E-state index in [2.05, 4.69) is 147 Å². The van der Waals surface area contributed by atoms with Crippen molar-refractivity contribution in [2.45, 2.75) is 56.7 Å². The van der Waals surface area contributed by atoms with Gasteiger partial charge in [0.2, 0.25) is 0 Å². The molecule has 51 heavy (non-hydrogen) atoms. The van der Waals surface area contributed by atoms with Gasteiger partial charge in [0.05, 0.1) is 8.07 Å². The molecule has 0 fully saturated rings. The number of rotatable bonds is 5. The number of hydrogen-bond donors (Lipinski definition) is 0. The average molecular weight is 938 g/mol. The van der Waals surface area contributed by atoms with Crippen LogP contribution < -0.4 is 9.58 Å². The summed E-state index contributed by atoms with van der Waals surface area (Å²) in [5, 5.41) is 9.37. The molecule has 0 unspecified atom stereocenters. The molecule has 0 saturated carbocycles. The Labute approximate surface area is 324 Å². The summed E-state index contributed by atoms with van der Waals surface area (Å²) in [4.78, 5) is 9.24. The van der Waals surface area contributed by atoms with Crippen molar-refractivity contribution in [3.05, 3.63) is 133 Å². The molecule has 0 spiro atoms. The SMILES string of the molecule is CC(C)c1ccnc(-c2[c-]ccc3c2sc2cc4c(ccc5c[c]([Ge]([CH3])([CH3])[CH3])ccc54)cc23)c1.C[Si](C)(C)c1ccc(-c2[c-]cccc2)nc1.[Ir]. The first kappa shape index (κ1) is 37.3. The maximum absolute atomic E-state index is 4.72. The van der Waals surface area contributed by atoms with E-state index < -0.39 is 21.3 Å². The first-order valence-corrected chi connectivity index (χ1v) is 29.2. The third-order valence-electron chi connectivity index (χ3n) is 9.57. The minimum atomic E-state index is -1.86. The first-order valence-electron chi connectivity index (χ1n) is 17.5. The molecule has 0 aliphatic heterocycles. The van der Waals surface area contributed by atoms with E-state index in [1.54, 1.807) is 4.40 Å². The van der Waals surface area contributed by atoms with Crippen molar-refractivity contribution in [1.29, 1.82) is 0 Å². The summed E-state index contributed by atoms with van der Waals surface area (Å²) < 4.78 is 4.16. The molecule has 1 radical (unpaired) electrons. The van der Waals surface area contributed by atoms with E-state index in [1.807, 2.05) is 48.0 Å². The Morgan fingerprint density at radius 3 is 2.14 bits per heavy atom. The van der Waals surface area contributed by atoms with Crippen molar-refractivity contribution in [2.75, 3.05) is 0 Å². The fraction of sp³-hybridized carbons (Fsp3) is 0.200. The summed E-state index contributed by atoms with van der Waals surface area (Å²) in [6.45, 7) is 11.5. The molecule has 5 aromatic carbocycles. The molecule has 0 N–H and O–H groups in total. The Hall–Kier alpha value is -3.45. The van der Waals surface area contributed by atoms with E-state index in [9.17, 15) is 0 Å². The van der Waals surface area contributed by atoms with Gasteiger partial charge in [0.15, 0.2) is 0 Å². The summed E-state index contributed by atoms with van der Waals surface area (Å²) in [7, 11) is -1.23. The van der Waals surface area contributed by atoms with Crippen LogP contribution in [0, 0.1) is 12.1 Å². The van der Waals surface area contributed by atoms with Crippen molar-refractivity contribution < 1.29 is 20.1 Å². The van der Waals surface area contributed by atoms with Crippen LogP contribution in [0.25, 0.3) is 64.2 Å². The summed E-state index contributed by atoms with van der Waals surface area (Å²) in [5.41, 5.74) is 5.50. The Balaban J connectivity index is 0.000000222. The molecule has 0 saturated heterocycles. The average Bonchev–Trinajstić information content (AvgIpc) is 3.48. The van der Waals surface area contributed by atoms with Crippen LogP contribution in [-0.4, -0.2) is 31.3 Å². The zero-order valence-electron chi connectivity index (χ0n) is 30.7. The second-order valence-corrected chi connectivity index (χ2v) is 32.4. The molecule has 8 rings (SSSR count). The fourth-order valence-electron chi connectivity index (χ4n) is 6.45. The van der Waals surface area contributed by atoms with Crippen molar-refractivity contribution >= 4 is 84.0 Å². The van der Waals surface area contributed by atoms with Crippen molar-refractivity contribution in [1.82, 2.24) is 9.97 Å². The predicted octanol–water partition coefficient (Wildman–Crippen LogP) is 12.0. The van der Waals surface area contributed by atoms with E-state index in [-0.39, 0.29) is 20.1 Å². The topological polar surface area (TPSA) is 25.8 Å². The standard InChI is InChI=1S/C31H28GeNS.C14H16NSi.Ir/c1-19(2)20-13-14-33-29(17-20)26-8-6-7-25-28-16-22-10-9-21-15-23(32(3,4)5)11-12-24(21)27(22)18-30(28)34-31(25)26;1-16(2,3)13-9-10-14(15-11-13)12-7-5-4-6-8-12;/h6-7,9-19H,1-5H3;4-7,9-11H,1-3H3;/q2*-1;.